The Balaban J connectivity index is 1.90. The molecule has 2 aromatic rings. The predicted octanol–water partition coefficient (Wildman–Crippen LogP) is 1.21. The Kier molecular flexibility index (Phi) is 4.16. The molecule has 1 heterocycles. The molecule has 3 N–H and O–H groups in total. The first-order valence-corrected chi connectivity index (χ1v) is 8.68. The summed E-state index contributed by atoms with van der Waals surface area (Å²) in [6, 6.07) is 11.0. The van der Waals surface area contributed by atoms with Crippen molar-refractivity contribution in [3.63, 3.8) is 0 Å². The first kappa shape index (κ1) is 16.3. The number of ether oxygens (including phenoxy) is 2. The Morgan fingerprint density at radius 3 is 2.75 bits per heavy atom. The third-order valence-electron chi connectivity index (χ3n) is 3.75. The molecule has 8 heteroatoms. The number of carbonyl (C=O) groups excluding carboxylic acids is 1. The molecule has 1 atom stereocenters. The van der Waals surface area contributed by atoms with Crippen LogP contribution in [0.3, 0.4) is 0 Å². The number of hydrogen-bond donors (Lipinski definition) is 2. The number of sulfonamides is 1. The molecule has 0 fully saturated rings. The fourth-order valence-corrected chi connectivity index (χ4v) is 3.10. The number of benzene rings is 2. The first-order chi connectivity index (χ1) is 11.4. The Morgan fingerprint density at radius 2 is 2.04 bits per heavy atom. The van der Waals surface area contributed by atoms with Gasteiger partial charge in [0, 0.05) is 5.56 Å². The Bertz CT molecular complexity index is 895. The van der Waals surface area contributed by atoms with Gasteiger partial charge in [-0.15, -0.1) is 0 Å². The Hall–Kier alpha value is -2.58. The van der Waals surface area contributed by atoms with Gasteiger partial charge < -0.3 is 14.8 Å². The smallest absolute Gasteiger partial charge is 0.255 e. The number of rotatable bonds is 4. The molecule has 0 saturated carbocycles. The Morgan fingerprint density at radius 1 is 1.29 bits per heavy atom. The van der Waals surface area contributed by atoms with Gasteiger partial charge in [-0.25, -0.2) is 13.6 Å². The van der Waals surface area contributed by atoms with Crippen LogP contribution in [0.5, 0.6) is 11.5 Å². The lowest BCUT2D eigenvalue weighted by atomic mass is 10.1. The second-order valence-electron chi connectivity index (χ2n) is 5.28. The van der Waals surface area contributed by atoms with Crippen LogP contribution >= 0.6 is 0 Å². The molecule has 1 aliphatic heterocycles. The highest BCUT2D eigenvalue weighted by Gasteiger charge is 2.27. The van der Waals surface area contributed by atoms with Gasteiger partial charge in [0.1, 0.15) is 18.1 Å². The highest BCUT2D eigenvalue weighted by Crippen LogP contribution is 2.32. The molecule has 0 spiro atoms. The molecule has 7 nitrogen and oxygen atoms in total. The van der Waals surface area contributed by atoms with Gasteiger partial charge in [0.05, 0.1) is 23.6 Å². The Labute approximate surface area is 139 Å². The van der Waals surface area contributed by atoms with Crippen LogP contribution in [0.15, 0.2) is 47.4 Å². The van der Waals surface area contributed by atoms with Crippen LogP contribution in [0.2, 0.25) is 0 Å². The van der Waals surface area contributed by atoms with E-state index in [1.807, 2.05) is 24.3 Å². The van der Waals surface area contributed by atoms with E-state index in [-0.39, 0.29) is 22.3 Å². The molecule has 1 unspecified atom stereocenters. The third kappa shape index (κ3) is 3.06. The summed E-state index contributed by atoms with van der Waals surface area (Å²) in [5, 5.41) is 7.95. The summed E-state index contributed by atoms with van der Waals surface area (Å²) in [5.74, 6) is 0.503. The zero-order valence-electron chi connectivity index (χ0n) is 12.9. The number of amides is 1. The molecule has 24 heavy (non-hydrogen) atoms. The van der Waals surface area contributed by atoms with Gasteiger partial charge in [-0.05, 0) is 24.3 Å². The molecule has 0 radical (unpaired) electrons. The van der Waals surface area contributed by atoms with Crippen LogP contribution in [0.25, 0.3) is 0 Å². The summed E-state index contributed by atoms with van der Waals surface area (Å²) in [7, 11) is -2.52. The van der Waals surface area contributed by atoms with Crippen LogP contribution in [0.1, 0.15) is 22.0 Å². The number of para-hydroxylation sites is 1. The number of fused-ring (bicyclic) bond motifs is 1. The minimum absolute atomic E-state index is 0.0911. The standard InChI is InChI=1S/C16H16N2O5S/c1-22-14-7-6-10(24(17,20)21)8-12(14)16(19)18-13-9-23-15-5-3-2-4-11(13)15/h2-8,13H,9H2,1H3,(H,18,19)(H2,17,20,21). The zero-order valence-corrected chi connectivity index (χ0v) is 13.7. The maximum atomic E-state index is 12.6. The number of methoxy groups -OCH3 is 1. The van der Waals surface area contributed by atoms with Crippen LogP contribution in [-0.2, 0) is 10.0 Å². The van der Waals surface area contributed by atoms with Crippen molar-refractivity contribution in [3.05, 3.63) is 53.6 Å². The number of nitrogens with one attached hydrogen (secondary N) is 1. The second-order valence-corrected chi connectivity index (χ2v) is 6.84. The molecule has 126 valence electrons. The van der Waals surface area contributed by atoms with Crippen molar-refractivity contribution < 1.29 is 22.7 Å². The largest absolute Gasteiger partial charge is 0.496 e. The van der Waals surface area contributed by atoms with Crippen LogP contribution < -0.4 is 19.9 Å². The van der Waals surface area contributed by atoms with Gasteiger partial charge in [-0.3, -0.25) is 4.79 Å². The van der Waals surface area contributed by atoms with Crippen molar-refractivity contribution in [2.75, 3.05) is 13.7 Å². The SMILES string of the molecule is COc1ccc(S(N)(=O)=O)cc1C(=O)NC1COc2ccccc21. The lowest BCUT2D eigenvalue weighted by Crippen LogP contribution is -2.30. The molecule has 0 saturated heterocycles. The predicted molar refractivity (Wildman–Crippen MR) is 86.5 cm³/mol. The minimum atomic E-state index is -3.92. The average Bonchev–Trinajstić information content (AvgIpc) is 2.96. The monoisotopic (exact) mass is 348 g/mol. The van der Waals surface area contributed by atoms with E-state index in [9.17, 15) is 13.2 Å². The van der Waals surface area contributed by atoms with Gasteiger partial charge in [-0.2, -0.15) is 0 Å². The molecule has 0 aromatic heterocycles. The molecular weight excluding hydrogens is 332 g/mol. The summed E-state index contributed by atoms with van der Waals surface area (Å²) < 4.78 is 33.7. The topological polar surface area (TPSA) is 108 Å². The van der Waals surface area contributed by atoms with Crippen molar-refractivity contribution in [2.24, 2.45) is 5.14 Å². The summed E-state index contributed by atoms with van der Waals surface area (Å²) >= 11 is 0. The van der Waals surface area contributed by atoms with E-state index in [1.54, 1.807) is 0 Å². The van der Waals surface area contributed by atoms with E-state index < -0.39 is 15.9 Å². The fraction of sp³-hybridized carbons (Fsp3) is 0.188. The maximum Gasteiger partial charge on any atom is 0.255 e. The van der Waals surface area contributed by atoms with Crippen molar-refractivity contribution >= 4 is 15.9 Å². The summed E-state index contributed by atoms with van der Waals surface area (Å²) in [6.07, 6.45) is 0. The van der Waals surface area contributed by atoms with E-state index in [0.29, 0.717) is 12.4 Å². The molecule has 0 aliphatic carbocycles. The van der Waals surface area contributed by atoms with Gasteiger partial charge in [0.25, 0.3) is 5.91 Å². The number of hydrogen-bond acceptors (Lipinski definition) is 5. The van der Waals surface area contributed by atoms with E-state index in [2.05, 4.69) is 5.32 Å². The fourth-order valence-electron chi connectivity index (χ4n) is 2.56. The molecule has 3 rings (SSSR count). The quantitative estimate of drug-likeness (QED) is 0.863. The van der Waals surface area contributed by atoms with Gasteiger partial charge in [-0.1, -0.05) is 18.2 Å². The van der Waals surface area contributed by atoms with Crippen LogP contribution in [0.4, 0.5) is 0 Å². The molecule has 2 aromatic carbocycles. The maximum absolute atomic E-state index is 12.6. The lowest BCUT2D eigenvalue weighted by molar-refractivity contribution is 0.0927. The second kappa shape index (κ2) is 6.14. The lowest BCUT2D eigenvalue weighted by Gasteiger charge is -2.14. The molecule has 0 bridgehead atoms. The summed E-state index contributed by atoms with van der Waals surface area (Å²) in [5.41, 5.74) is 0.959. The molecule has 1 amide bonds. The van der Waals surface area contributed by atoms with E-state index in [1.165, 1.54) is 25.3 Å². The van der Waals surface area contributed by atoms with Gasteiger partial charge >= 0.3 is 0 Å². The summed E-state index contributed by atoms with van der Waals surface area (Å²) in [4.78, 5) is 12.4. The van der Waals surface area contributed by atoms with Crippen LogP contribution in [0, 0.1) is 0 Å². The van der Waals surface area contributed by atoms with Crippen molar-refractivity contribution in [1.29, 1.82) is 0 Å². The highest BCUT2D eigenvalue weighted by molar-refractivity contribution is 7.89. The minimum Gasteiger partial charge on any atom is -0.496 e. The van der Waals surface area contributed by atoms with Crippen LogP contribution in [-0.4, -0.2) is 28.0 Å². The van der Waals surface area contributed by atoms with E-state index >= 15 is 0 Å². The number of carbonyl (C=O) groups is 1. The van der Waals surface area contributed by atoms with Crippen molar-refractivity contribution in [2.45, 2.75) is 10.9 Å². The number of primary sulfonamides is 1. The van der Waals surface area contributed by atoms with E-state index in [0.717, 1.165) is 5.56 Å². The highest BCUT2D eigenvalue weighted by atomic mass is 32.2. The molecule has 1 aliphatic rings. The first-order valence-electron chi connectivity index (χ1n) is 7.13. The third-order valence-corrected chi connectivity index (χ3v) is 4.66. The van der Waals surface area contributed by atoms with Gasteiger partial charge in [0.15, 0.2) is 0 Å². The van der Waals surface area contributed by atoms with Gasteiger partial charge in [0.2, 0.25) is 10.0 Å². The van der Waals surface area contributed by atoms with Crippen molar-refractivity contribution in [3.8, 4) is 11.5 Å². The normalized spacial score (nSPS) is 16.2. The summed E-state index contributed by atoms with van der Waals surface area (Å²) in [6.45, 7) is 0.308. The van der Waals surface area contributed by atoms with E-state index in [4.69, 9.17) is 14.6 Å². The molecular formula is C16H16N2O5S. The zero-order chi connectivity index (χ0) is 17.3. The number of nitrogens with two attached hydrogens (primary N) is 1. The van der Waals surface area contributed by atoms with Crippen molar-refractivity contribution in [1.82, 2.24) is 5.32 Å². The average molecular weight is 348 g/mol.